The van der Waals surface area contributed by atoms with Gasteiger partial charge in [-0.2, -0.15) is 5.26 Å². The maximum Gasteiger partial charge on any atom is 0.101 e. The Morgan fingerprint density at radius 3 is 2.42 bits per heavy atom. The van der Waals surface area contributed by atoms with Crippen LogP contribution in [0.15, 0.2) is 42.5 Å². The molecule has 0 amide bonds. The zero-order valence-electron chi connectivity index (χ0n) is 11.2. The molecule has 0 aliphatic heterocycles. The summed E-state index contributed by atoms with van der Waals surface area (Å²) < 4.78 is 0. The SMILES string of the molecule is CCN(c1ccc(C)cc1)c1cccc(C#N)c1N. The quantitative estimate of drug-likeness (QED) is 0.848. The maximum atomic E-state index is 9.06. The maximum absolute atomic E-state index is 9.06. The van der Waals surface area contributed by atoms with Gasteiger partial charge in [0.1, 0.15) is 6.07 Å². The topological polar surface area (TPSA) is 53.0 Å². The average Bonchev–Trinajstić information content (AvgIpc) is 2.43. The molecule has 2 aromatic carbocycles. The fourth-order valence-corrected chi connectivity index (χ4v) is 2.10. The zero-order chi connectivity index (χ0) is 13.8. The molecule has 0 heterocycles. The zero-order valence-corrected chi connectivity index (χ0v) is 11.2. The number of hydrogen-bond donors (Lipinski definition) is 1. The van der Waals surface area contributed by atoms with E-state index in [0.717, 1.165) is 17.9 Å². The molecule has 0 saturated heterocycles. The molecule has 0 aromatic heterocycles. The van der Waals surface area contributed by atoms with E-state index in [2.05, 4.69) is 49.1 Å². The molecule has 0 spiro atoms. The van der Waals surface area contributed by atoms with E-state index in [0.29, 0.717) is 11.3 Å². The van der Waals surface area contributed by atoms with Crippen molar-refractivity contribution in [3.63, 3.8) is 0 Å². The lowest BCUT2D eigenvalue weighted by Crippen LogP contribution is -2.17. The Labute approximate surface area is 113 Å². The van der Waals surface area contributed by atoms with Gasteiger partial charge in [0.15, 0.2) is 0 Å². The van der Waals surface area contributed by atoms with Gasteiger partial charge in [-0.15, -0.1) is 0 Å². The fourth-order valence-electron chi connectivity index (χ4n) is 2.10. The van der Waals surface area contributed by atoms with E-state index in [-0.39, 0.29) is 0 Å². The molecule has 0 radical (unpaired) electrons. The van der Waals surface area contributed by atoms with Crippen LogP contribution in [0.4, 0.5) is 17.1 Å². The minimum atomic E-state index is 0.517. The van der Waals surface area contributed by atoms with Crippen molar-refractivity contribution in [2.75, 3.05) is 17.2 Å². The summed E-state index contributed by atoms with van der Waals surface area (Å²) in [5, 5.41) is 9.06. The number of nitrogen functional groups attached to an aromatic ring is 1. The van der Waals surface area contributed by atoms with Crippen LogP contribution in [0, 0.1) is 18.3 Å². The summed E-state index contributed by atoms with van der Waals surface area (Å²) in [4.78, 5) is 2.11. The van der Waals surface area contributed by atoms with Crippen molar-refractivity contribution in [2.45, 2.75) is 13.8 Å². The standard InChI is InChI=1S/C16H17N3/c1-3-19(14-9-7-12(2)8-10-14)15-6-4-5-13(11-17)16(15)18/h4-10H,3,18H2,1-2H3. The third kappa shape index (κ3) is 2.53. The lowest BCUT2D eigenvalue weighted by molar-refractivity contribution is 1.02. The van der Waals surface area contributed by atoms with Crippen molar-refractivity contribution >= 4 is 17.1 Å². The highest BCUT2D eigenvalue weighted by Gasteiger charge is 2.12. The van der Waals surface area contributed by atoms with Gasteiger partial charge in [-0.3, -0.25) is 0 Å². The average molecular weight is 251 g/mol. The highest BCUT2D eigenvalue weighted by atomic mass is 15.1. The van der Waals surface area contributed by atoms with Gasteiger partial charge in [0, 0.05) is 12.2 Å². The van der Waals surface area contributed by atoms with Crippen molar-refractivity contribution in [3.05, 3.63) is 53.6 Å². The van der Waals surface area contributed by atoms with Crippen molar-refractivity contribution in [1.82, 2.24) is 0 Å². The van der Waals surface area contributed by atoms with Gasteiger partial charge in [-0.1, -0.05) is 23.8 Å². The third-order valence-electron chi connectivity index (χ3n) is 3.16. The number of nitrogens with zero attached hydrogens (tertiary/aromatic N) is 2. The van der Waals surface area contributed by atoms with Crippen LogP contribution in [0.3, 0.4) is 0 Å². The molecule has 0 bridgehead atoms. The monoisotopic (exact) mass is 251 g/mol. The Morgan fingerprint density at radius 1 is 1.16 bits per heavy atom. The van der Waals surface area contributed by atoms with Crippen LogP contribution in [0.5, 0.6) is 0 Å². The Hall–Kier alpha value is -2.47. The molecular weight excluding hydrogens is 234 g/mol. The van der Waals surface area contributed by atoms with Crippen LogP contribution in [0.25, 0.3) is 0 Å². The van der Waals surface area contributed by atoms with Gasteiger partial charge in [0.25, 0.3) is 0 Å². The number of anilines is 3. The molecule has 2 aromatic rings. The summed E-state index contributed by atoms with van der Waals surface area (Å²) >= 11 is 0. The predicted octanol–water partition coefficient (Wildman–Crippen LogP) is 3.61. The normalized spacial score (nSPS) is 9.95. The Kier molecular flexibility index (Phi) is 3.72. The molecule has 0 aliphatic rings. The first-order valence-corrected chi connectivity index (χ1v) is 6.30. The highest BCUT2D eigenvalue weighted by molar-refractivity contribution is 5.79. The lowest BCUT2D eigenvalue weighted by atomic mass is 10.1. The van der Waals surface area contributed by atoms with Crippen molar-refractivity contribution < 1.29 is 0 Å². The number of hydrogen-bond acceptors (Lipinski definition) is 3. The molecule has 3 nitrogen and oxygen atoms in total. The highest BCUT2D eigenvalue weighted by Crippen LogP contribution is 2.32. The molecule has 0 unspecified atom stereocenters. The first-order chi connectivity index (χ1) is 9.17. The van der Waals surface area contributed by atoms with Gasteiger partial charge in [0.2, 0.25) is 0 Å². The Balaban J connectivity index is 2.49. The second-order valence-electron chi connectivity index (χ2n) is 4.43. The molecular formula is C16H17N3. The van der Waals surface area contributed by atoms with Gasteiger partial charge >= 0.3 is 0 Å². The Morgan fingerprint density at radius 2 is 1.84 bits per heavy atom. The smallest absolute Gasteiger partial charge is 0.101 e. The van der Waals surface area contributed by atoms with Gasteiger partial charge < -0.3 is 10.6 Å². The largest absolute Gasteiger partial charge is 0.396 e. The van der Waals surface area contributed by atoms with Gasteiger partial charge in [-0.05, 0) is 38.1 Å². The van der Waals surface area contributed by atoms with E-state index in [1.165, 1.54) is 5.56 Å². The number of nitriles is 1. The summed E-state index contributed by atoms with van der Waals surface area (Å²) in [6.45, 7) is 4.92. The fraction of sp³-hybridized carbons (Fsp3) is 0.188. The molecule has 0 fully saturated rings. The molecule has 2 N–H and O–H groups in total. The predicted molar refractivity (Wildman–Crippen MR) is 79.4 cm³/mol. The third-order valence-corrected chi connectivity index (χ3v) is 3.16. The van der Waals surface area contributed by atoms with Crippen LogP contribution < -0.4 is 10.6 Å². The van der Waals surface area contributed by atoms with Gasteiger partial charge in [-0.25, -0.2) is 0 Å². The summed E-state index contributed by atoms with van der Waals surface area (Å²) in [7, 11) is 0. The Bertz CT molecular complexity index is 609. The van der Waals surface area contributed by atoms with Crippen LogP contribution >= 0.6 is 0 Å². The molecule has 0 saturated carbocycles. The molecule has 3 heteroatoms. The first kappa shape index (κ1) is 13.0. The molecule has 96 valence electrons. The van der Waals surface area contributed by atoms with Crippen LogP contribution in [0.1, 0.15) is 18.1 Å². The minimum absolute atomic E-state index is 0.517. The number of benzene rings is 2. The van der Waals surface area contributed by atoms with E-state index in [1.54, 1.807) is 6.07 Å². The van der Waals surface area contributed by atoms with E-state index < -0.39 is 0 Å². The first-order valence-electron chi connectivity index (χ1n) is 6.30. The number of para-hydroxylation sites is 1. The van der Waals surface area contributed by atoms with Crippen molar-refractivity contribution in [1.29, 1.82) is 5.26 Å². The van der Waals surface area contributed by atoms with E-state index >= 15 is 0 Å². The number of aryl methyl sites for hydroxylation is 1. The molecule has 0 atom stereocenters. The lowest BCUT2D eigenvalue weighted by Gasteiger charge is -2.25. The van der Waals surface area contributed by atoms with Crippen LogP contribution in [-0.2, 0) is 0 Å². The van der Waals surface area contributed by atoms with Crippen LogP contribution in [0.2, 0.25) is 0 Å². The second-order valence-corrected chi connectivity index (χ2v) is 4.43. The van der Waals surface area contributed by atoms with E-state index in [9.17, 15) is 0 Å². The molecule has 0 aliphatic carbocycles. The van der Waals surface area contributed by atoms with Crippen LogP contribution in [-0.4, -0.2) is 6.54 Å². The van der Waals surface area contributed by atoms with E-state index in [4.69, 9.17) is 11.0 Å². The number of rotatable bonds is 3. The minimum Gasteiger partial charge on any atom is -0.396 e. The van der Waals surface area contributed by atoms with E-state index in [1.807, 2.05) is 12.1 Å². The van der Waals surface area contributed by atoms with Gasteiger partial charge in [0.05, 0.1) is 16.9 Å². The summed E-state index contributed by atoms with van der Waals surface area (Å²) in [5.74, 6) is 0. The summed E-state index contributed by atoms with van der Waals surface area (Å²) in [5.41, 5.74) is 10.3. The van der Waals surface area contributed by atoms with Crippen molar-refractivity contribution in [2.24, 2.45) is 0 Å². The molecule has 2 rings (SSSR count). The second kappa shape index (κ2) is 5.45. The summed E-state index contributed by atoms with van der Waals surface area (Å²) in [6.07, 6.45) is 0. The number of nitrogens with two attached hydrogens (primary N) is 1. The summed E-state index contributed by atoms with van der Waals surface area (Å²) in [6, 6.07) is 15.9. The van der Waals surface area contributed by atoms with Crippen molar-refractivity contribution in [3.8, 4) is 6.07 Å². The molecule has 19 heavy (non-hydrogen) atoms.